The largest absolute Gasteiger partial charge is 0.496 e. The highest BCUT2D eigenvalue weighted by molar-refractivity contribution is 9.10. The van der Waals surface area contributed by atoms with Crippen molar-refractivity contribution >= 4 is 41.2 Å². The van der Waals surface area contributed by atoms with Gasteiger partial charge in [-0.25, -0.2) is 0 Å². The van der Waals surface area contributed by atoms with Crippen LogP contribution in [0, 0.1) is 0 Å². The zero-order valence-electron chi connectivity index (χ0n) is 11.5. The van der Waals surface area contributed by atoms with E-state index in [1.165, 1.54) is 5.30 Å². The van der Waals surface area contributed by atoms with Gasteiger partial charge in [-0.1, -0.05) is 43.2 Å². The molecule has 2 nitrogen and oxygen atoms in total. The van der Waals surface area contributed by atoms with E-state index in [1.807, 2.05) is 36.4 Å². The van der Waals surface area contributed by atoms with Gasteiger partial charge in [0.05, 0.1) is 7.11 Å². The number of halogens is 1. The average molecular weight is 350 g/mol. The van der Waals surface area contributed by atoms with Gasteiger partial charge in [0.1, 0.15) is 5.75 Å². The number of methoxy groups -OCH3 is 1. The summed E-state index contributed by atoms with van der Waals surface area (Å²) in [5, 5.41) is 4.55. The van der Waals surface area contributed by atoms with Crippen LogP contribution in [0.5, 0.6) is 5.75 Å². The lowest BCUT2D eigenvalue weighted by atomic mass is 10.1. The fourth-order valence-corrected chi connectivity index (χ4v) is 2.87. The molecule has 0 saturated heterocycles. The van der Waals surface area contributed by atoms with E-state index in [-0.39, 0.29) is 0 Å². The van der Waals surface area contributed by atoms with Gasteiger partial charge in [-0.3, -0.25) is 0 Å². The van der Waals surface area contributed by atoms with Crippen LogP contribution in [0.4, 0.5) is 5.69 Å². The third kappa shape index (κ3) is 3.62. The molecular formula is C16H17BrNOP. The molecule has 1 N–H and O–H groups in total. The third-order valence-electron chi connectivity index (χ3n) is 2.96. The van der Waals surface area contributed by atoms with Gasteiger partial charge in [-0.15, -0.1) is 0 Å². The molecule has 20 heavy (non-hydrogen) atoms. The van der Waals surface area contributed by atoms with Crippen LogP contribution in [0.1, 0.15) is 5.56 Å². The number of rotatable bonds is 5. The zero-order valence-corrected chi connectivity index (χ0v) is 14.1. The molecule has 0 amide bonds. The predicted octanol–water partition coefficient (Wildman–Crippen LogP) is 4.47. The van der Waals surface area contributed by atoms with Crippen LogP contribution in [-0.4, -0.2) is 13.8 Å². The van der Waals surface area contributed by atoms with Crippen molar-refractivity contribution in [2.45, 2.75) is 0 Å². The minimum absolute atomic E-state index is 0.693. The molecule has 1 unspecified atom stereocenters. The number of ether oxygens (including phenoxy) is 1. The minimum Gasteiger partial charge on any atom is -0.496 e. The van der Waals surface area contributed by atoms with E-state index in [9.17, 15) is 0 Å². The molecule has 4 heteroatoms. The van der Waals surface area contributed by atoms with Crippen molar-refractivity contribution in [3.63, 3.8) is 0 Å². The molecule has 0 radical (unpaired) electrons. The molecule has 0 fully saturated rings. The van der Waals surface area contributed by atoms with Crippen molar-refractivity contribution in [1.82, 2.24) is 0 Å². The van der Waals surface area contributed by atoms with Gasteiger partial charge >= 0.3 is 0 Å². The van der Waals surface area contributed by atoms with E-state index >= 15 is 0 Å². The third-order valence-corrected chi connectivity index (χ3v) is 4.41. The molecule has 2 rings (SSSR count). The highest BCUT2D eigenvalue weighted by Gasteiger charge is 2.04. The maximum Gasteiger partial charge on any atom is 0.126 e. The van der Waals surface area contributed by atoms with Crippen LogP contribution >= 0.6 is 24.5 Å². The van der Waals surface area contributed by atoms with Gasteiger partial charge < -0.3 is 10.1 Å². The first kappa shape index (κ1) is 15.1. The highest BCUT2D eigenvalue weighted by Crippen LogP contribution is 2.23. The second-order valence-electron chi connectivity index (χ2n) is 4.28. The van der Waals surface area contributed by atoms with Crippen molar-refractivity contribution < 1.29 is 4.74 Å². The first-order valence-corrected chi connectivity index (χ1v) is 8.51. The van der Waals surface area contributed by atoms with Gasteiger partial charge in [0.25, 0.3) is 0 Å². The Morgan fingerprint density at radius 3 is 2.50 bits per heavy atom. The van der Waals surface area contributed by atoms with Crippen LogP contribution < -0.4 is 15.4 Å². The molecular weight excluding hydrogens is 333 g/mol. The molecule has 0 spiro atoms. The van der Waals surface area contributed by atoms with E-state index in [0.29, 0.717) is 8.58 Å². The molecule has 2 aromatic rings. The van der Waals surface area contributed by atoms with E-state index in [0.717, 1.165) is 27.2 Å². The second-order valence-corrected chi connectivity index (χ2v) is 6.23. The van der Waals surface area contributed by atoms with E-state index in [4.69, 9.17) is 4.74 Å². The van der Waals surface area contributed by atoms with Crippen LogP contribution in [0.15, 0.2) is 53.5 Å². The molecule has 0 aromatic heterocycles. The standard InChI is InChI=1S/C16H17BrNOP/c1-11(12-4-6-13(17)7-5-12)18-14-8-9-15(19-2)16(10-14)20-3/h4-10,18,20H,1H2,2-3H3. The zero-order chi connectivity index (χ0) is 14.5. The van der Waals surface area contributed by atoms with Gasteiger partial charge in [-0.05, 0) is 42.6 Å². The Kier molecular flexibility index (Phi) is 5.22. The van der Waals surface area contributed by atoms with Crippen molar-refractivity contribution in [3.05, 3.63) is 59.1 Å². The Morgan fingerprint density at radius 2 is 1.90 bits per heavy atom. The maximum atomic E-state index is 5.35. The van der Waals surface area contributed by atoms with Gasteiger partial charge in [0, 0.05) is 21.2 Å². The molecule has 104 valence electrons. The van der Waals surface area contributed by atoms with Crippen LogP contribution in [0.25, 0.3) is 5.70 Å². The number of nitrogens with one attached hydrogen (secondary N) is 1. The van der Waals surface area contributed by atoms with E-state index < -0.39 is 0 Å². The van der Waals surface area contributed by atoms with Gasteiger partial charge in [0.2, 0.25) is 0 Å². The summed E-state index contributed by atoms with van der Waals surface area (Å²) >= 11 is 3.43. The summed E-state index contributed by atoms with van der Waals surface area (Å²) < 4.78 is 6.41. The van der Waals surface area contributed by atoms with Crippen molar-refractivity contribution in [1.29, 1.82) is 0 Å². The minimum atomic E-state index is 0.693. The van der Waals surface area contributed by atoms with Crippen LogP contribution in [0.3, 0.4) is 0 Å². The summed E-state index contributed by atoms with van der Waals surface area (Å²) in [6.07, 6.45) is 0. The summed E-state index contributed by atoms with van der Waals surface area (Å²) in [6.45, 7) is 6.24. The summed E-state index contributed by atoms with van der Waals surface area (Å²) in [6, 6.07) is 14.2. The Bertz CT molecular complexity index is 610. The maximum absolute atomic E-state index is 5.35. The Balaban J connectivity index is 2.17. The summed E-state index contributed by atoms with van der Waals surface area (Å²) in [7, 11) is 2.39. The molecule has 0 aliphatic carbocycles. The van der Waals surface area contributed by atoms with Crippen molar-refractivity contribution in [2.75, 3.05) is 19.1 Å². The normalized spacial score (nSPS) is 10.8. The first-order chi connectivity index (χ1) is 9.63. The quantitative estimate of drug-likeness (QED) is 0.804. The molecule has 2 aromatic carbocycles. The molecule has 0 aliphatic heterocycles. The van der Waals surface area contributed by atoms with Crippen molar-refractivity contribution in [2.24, 2.45) is 0 Å². The predicted molar refractivity (Wildman–Crippen MR) is 93.7 cm³/mol. The highest BCUT2D eigenvalue weighted by atomic mass is 79.9. The topological polar surface area (TPSA) is 21.3 Å². The lowest BCUT2D eigenvalue weighted by Gasteiger charge is -2.13. The number of hydrogen-bond donors (Lipinski definition) is 1. The van der Waals surface area contributed by atoms with Crippen LogP contribution in [0.2, 0.25) is 0 Å². The summed E-state index contributed by atoms with van der Waals surface area (Å²) in [5.74, 6) is 0.936. The number of hydrogen-bond acceptors (Lipinski definition) is 2. The van der Waals surface area contributed by atoms with Gasteiger partial charge in [0.15, 0.2) is 0 Å². The monoisotopic (exact) mass is 349 g/mol. The second kappa shape index (κ2) is 6.92. The molecule has 0 heterocycles. The molecule has 1 atom stereocenters. The lowest BCUT2D eigenvalue weighted by molar-refractivity contribution is 0.418. The van der Waals surface area contributed by atoms with Crippen molar-refractivity contribution in [3.8, 4) is 5.75 Å². The SMILES string of the molecule is C=C(Nc1ccc(OC)c(PC)c1)c1ccc(Br)cc1. The number of benzene rings is 2. The molecule has 0 saturated carbocycles. The Labute approximate surface area is 130 Å². The summed E-state index contributed by atoms with van der Waals surface area (Å²) in [5.41, 5.74) is 2.99. The summed E-state index contributed by atoms with van der Waals surface area (Å²) in [4.78, 5) is 0. The Morgan fingerprint density at radius 1 is 1.20 bits per heavy atom. The van der Waals surface area contributed by atoms with Gasteiger partial charge in [-0.2, -0.15) is 0 Å². The Hall–Kier alpha value is -1.31. The number of anilines is 1. The van der Waals surface area contributed by atoms with Crippen LogP contribution in [-0.2, 0) is 0 Å². The first-order valence-electron chi connectivity index (χ1n) is 6.21. The van der Waals surface area contributed by atoms with E-state index in [1.54, 1.807) is 7.11 Å². The average Bonchev–Trinajstić information content (AvgIpc) is 2.47. The fraction of sp³-hybridized carbons (Fsp3) is 0.125. The molecule has 0 bridgehead atoms. The van der Waals surface area contributed by atoms with E-state index in [2.05, 4.69) is 40.6 Å². The smallest absolute Gasteiger partial charge is 0.126 e. The fourth-order valence-electron chi connectivity index (χ4n) is 1.88. The molecule has 0 aliphatic rings. The lowest BCUT2D eigenvalue weighted by Crippen LogP contribution is -2.04.